The number of nitroso groups, excluding NO2 is 1. The molecule has 0 saturated carbocycles. The molecule has 0 unspecified atom stereocenters. The van der Waals surface area contributed by atoms with Crippen LogP contribution in [0.2, 0.25) is 0 Å². The third kappa shape index (κ3) is 1.59. The van der Waals surface area contributed by atoms with Crippen LogP contribution in [-0.2, 0) is 4.79 Å². The molecule has 0 fully saturated rings. The lowest BCUT2D eigenvalue weighted by molar-refractivity contribution is -0.129. The van der Waals surface area contributed by atoms with Gasteiger partial charge in [-0.2, -0.15) is 0 Å². The minimum absolute atomic E-state index is 0.00801. The normalized spacial score (nSPS) is 11.1. The summed E-state index contributed by atoms with van der Waals surface area (Å²) >= 11 is 0. The zero-order valence-corrected chi connectivity index (χ0v) is 6.06. The van der Waals surface area contributed by atoms with Gasteiger partial charge >= 0.3 is 5.91 Å². The maximum Gasteiger partial charge on any atom is 0.323 e. The van der Waals surface area contributed by atoms with E-state index in [0.29, 0.717) is 0 Å². The van der Waals surface area contributed by atoms with E-state index in [2.05, 4.69) is 0 Å². The van der Waals surface area contributed by atoms with E-state index in [4.69, 9.17) is 0 Å². The highest BCUT2D eigenvalue weighted by Crippen LogP contribution is 2.21. The fraction of sp³-hybridized carbons (Fsp3) is 0.833. The molecule has 3 nitrogen and oxygen atoms in total. The van der Waals surface area contributed by atoms with E-state index >= 15 is 0 Å². The first kappa shape index (κ1) is 9.20. The lowest BCUT2D eigenvalue weighted by Crippen LogP contribution is -2.30. The third-order valence-corrected chi connectivity index (χ3v) is 1.59. The molecular weight excluding hydrogens is 137 g/mol. The average molecular weight is 147 g/mol. The Hall–Kier alpha value is -0.800. The first-order chi connectivity index (χ1) is 4.60. The van der Waals surface area contributed by atoms with Crippen molar-refractivity contribution in [3.05, 3.63) is 4.91 Å². The number of carbonyl (C=O) groups is 1. The Kier molecular flexibility index (Phi) is 3.12. The van der Waals surface area contributed by atoms with Crippen molar-refractivity contribution in [2.45, 2.75) is 32.4 Å². The predicted molar refractivity (Wildman–Crippen MR) is 35.2 cm³/mol. The number of hydrogen-bond acceptors (Lipinski definition) is 2. The van der Waals surface area contributed by atoms with Gasteiger partial charge in [0.15, 0.2) is 5.67 Å². The van der Waals surface area contributed by atoms with Gasteiger partial charge in [0, 0.05) is 5.18 Å². The molecule has 0 aromatic heterocycles. The Morgan fingerprint density at radius 3 is 2.00 bits per heavy atom. The molecule has 0 N–H and O–H groups in total. The minimum Gasteiger partial charge on any atom is -0.265 e. The summed E-state index contributed by atoms with van der Waals surface area (Å²) in [7, 11) is 0. The highest BCUT2D eigenvalue weighted by atomic mass is 19.1. The molecule has 58 valence electrons. The van der Waals surface area contributed by atoms with Crippen LogP contribution in [0.1, 0.15) is 26.7 Å². The minimum atomic E-state index is -2.03. The first-order valence-corrected chi connectivity index (χ1v) is 3.17. The number of amides is 1. The van der Waals surface area contributed by atoms with Crippen molar-refractivity contribution in [1.29, 1.82) is 0 Å². The summed E-state index contributed by atoms with van der Waals surface area (Å²) in [5.74, 6) is -1.20. The molecule has 0 aliphatic rings. The molecule has 0 aliphatic heterocycles. The summed E-state index contributed by atoms with van der Waals surface area (Å²) < 4.78 is 13.0. The second kappa shape index (κ2) is 3.39. The smallest absolute Gasteiger partial charge is 0.265 e. The number of hydrogen-bond donors (Lipinski definition) is 0. The van der Waals surface area contributed by atoms with E-state index in [1.807, 2.05) is 5.18 Å². The molecule has 0 aromatic carbocycles. The van der Waals surface area contributed by atoms with Crippen LogP contribution in [0.25, 0.3) is 0 Å². The maximum absolute atomic E-state index is 13.0. The van der Waals surface area contributed by atoms with Gasteiger partial charge in [-0.05, 0) is 12.8 Å². The Balaban J connectivity index is 4.31. The van der Waals surface area contributed by atoms with Crippen LogP contribution in [0, 0.1) is 4.91 Å². The molecule has 0 atom stereocenters. The number of rotatable bonds is 3. The van der Waals surface area contributed by atoms with E-state index in [0.717, 1.165) is 0 Å². The fourth-order valence-corrected chi connectivity index (χ4v) is 0.634. The highest BCUT2D eigenvalue weighted by Gasteiger charge is 2.35. The number of nitrogens with zero attached hydrogens (tertiary/aromatic N) is 1. The maximum atomic E-state index is 13.0. The monoisotopic (exact) mass is 147 g/mol. The fourth-order valence-electron chi connectivity index (χ4n) is 0.634. The van der Waals surface area contributed by atoms with Crippen LogP contribution in [0.5, 0.6) is 0 Å². The van der Waals surface area contributed by atoms with Crippen LogP contribution >= 0.6 is 0 Å². The molecule has 0 saturated heterocycles. The quantitative estimate of drug-likeness (QED) is 0.571. The molecule has 0 aliphatic carbocycles. The summed E-state index contributed by atoms with van der Waals surface area (Å²) in [6.45, 7) is 3.01. The van der Waals surface area contributed by atoms with Crippen LogP contribution in [0.3, 0.4) is 0 Å². The van der Waals surface area contributed by atoms with Crippen LogP contribution < -0.4 is 0 Å². The van der Waals surface area contributed by atoms with Gasteiger partial charge < -0.3 is 0 Å². The second-order valence-corrected chi connectivity index (χ2v) is 2.07. The van der Waals surface area contributed by atoms with Crippen LogP contribution in [-0.4, -0.2) is 11.6 Å². The summed E-state index contributed by atoms with van der Waals surface area (Å²) in [5.41, 5.74) is -2.03. The van der Waals surface area contributed by atoms with E-state index in [1.54, 1.807) is 0 Å². The molecule has 1 amide bonds. The Morgan fingerprint density at radius 1 is 1.50 bits per heavy atom. The summed E-state index contributed by atoms with van der Waals surface area (Å²) in [5, 5.41) is 2.04. The van der Waals surface area contributed by atoms with Gasteiger partial charge in [-0.1, -0.05) is 13.8 Å². The van der Waals surface area contributed by atoms with Gasteiger partial charge in [0.2, 0.25) is 0 Å². The number of carbonyl (C=O) groups excluding carboxylic acids is 1. The van der Waals surface area contributed by atoms with Crippen molar-refractivity contribution in [3.63, 3.8) is 0 Å². The molecule has 10 heavy (non-hydrogen) atoms. The molecule has 0 aromatic rings. The largest absolute Gasteiger partial charge is 0.323 e. The molecule has 4 heteroatoms. The molecule has 0 spiro atoms. The summed E-state index contributed by atoms with van der Waals surface area (Å²) in [4.78, 5) is 20.1. The van der Waals surface area contributed by atoms with E-state index in [1.165, 1.54) is 13.8 Å². The zero-order chi connectivity index (χ0) is 8.20. The van der Waals surface area contributed by atoms with Crippen molar-refractivity contribution >= 4 is 5.91 Å². The lowest BCUT2D eigenvalue weighted by atomic mass is 9.99. The Labute approximate surface area is 58.6 Å². The average Bonchev–Trinajstić information content (AvgIpc) is 2.01. The topological polar surface area (TPSA) is 46.5 Å². The second-order valence-electron chi connectivity index (χ2n) is 2.07. The molecule has 0 heterocycles. The van der Waals surface area contributed by atoms with Crippen molar-refractivity contribution in [2.75, 3.05) is 0 Å². The van der Waals surface area contributed by atoms with Crippen LogP contribution in [0.15, 0.2) is 5.18 Å². The molecule has 0 radical (unpaired) electrons. The van der Waals surface area contributed by atoms with Gasteiger partial charge in [0.25, 0.3) is 0 Å². The third-order valence-electron chi connectivity index (χ3n) is 1.59. The van der Waals surface area contributed by atoms with Gasteiger partial charge in [-0.25, -0.2) is 4.39 Å². The van der Waals surface area contributed by atoms with Gasteiger partial charge in [-0.15, -0.1) is 4.91 Å². The van der Waals surface area contributed by atoms with E-state index in [9.17, 15) is 14.1 Å². The van der Waals surface area contributed by atoms with Crippen molar-refractivity contribution in [3.8, 4) is 0 Å². The molecular formula is C6H10FNO2. The van der Waals surface area contributed by atoms with Crippen molar-refractivity contribution < 1.29 is 9.18 Å². The molecule has 0 rings (SSSR count). The molecule has 0 bridgehead atoms. The van der Waals surface area contributed by atoms with Crippen LogP contribution in [0.4, 0.5) is 4.39 Å². The summed E-state index contributed by atoms with van der Waals surface area (Å²) in [6.07, 6.45) is 0.0160. The van der Waals surface area contributed by atoms with E-state index < -0.39 is 11.6 Å². The highest BCUT2D eigenvalue weighted by molar-refractivity contribution is 5.85. The number of alkyl halides is 1. The first-order valence-electron chi connectivity index (χ1n) is 3.17. The number of halogens is 1. The predicted octanol–water partition coefficient (Wildman–Crippen LogP) is 1.81. The lowest BCUT2D eigenvalue weighted by Gasteiger charge is -2.14. The van der Waals surface area contributed by atoms with Crippen molar-refractivity contribution in [2.24, 2.45) is 5.18 Å². The summed E-state index contributed by atoms with van der Waals surface area (Å²) in [6, 6.07) is 0. The van der Waals surface area contributed by atoms with Gasteiger partial charge in [0.1, 0.15) is 0 Å². The van der Waals surface area contributed by atoms with Crippen molar-refractivity contribution in [1.82, 2.24) is 0 Å². The standard InChI is InChI=1S/C6H10FNO2/c1-3-6(7,4-2)5(9)8-10/h3-4H2,1-2H3. The van der Waals surface area contributed by atoms with Gasteiger partial charge in [0.05, 0.1) is 0 Å². The van der Waals surface area contributed by atoms with Gasteiger partial charge in [-0.3, -0.25) is 4.79 Å². The Morgan fingerprint density at radius 2 is 1.90 bits per heavy atom. The zero-order valence-electron chi connectivity index (χ0n) is 6.06. The Bertz CT molecular complexity index is 143. The SMILES string of the molecule is CCC(F)(CC)C(=O)N=O. The van der Waals surface area contributed by atoms with E-state index in [-0.39, 0.29) is 12.8 Å².